The largest absolute Gasteiger partial charge is 0.325 e. The minimum Gasteiger partial charge on any atom is -0.325 e. The number of carbonyl (C=O) groups excluding carboxylic acids is 2. The van der Waals surface area contributed by atoms with E-state index in [-0.39, 0.29) is 11.6 Å². The SMILES string of the molecule is Cc1cccc(/C=C/C(=O)Nc2cc(NC(=O)CN3CCCC[C@@H]3C)ccc2F)c1. The van der Waals surface area contributed by atoms with Crippen LogP contribution in [0.1, 0.15) is 37.3 Å². The van der Waals surface area contributed by atoms with E-state index in [1.807, 2.05) is 31.2 Å². The van der Waals surface area contributed by atoms with E-state index in [1.165, 1.54) is 30.7 Å². The lowest BCUT2D eigenvalue weighted by Crippen LogP contribution is -2.42. The summed E-state index contributed by atoms with van der Waals surface area (Å²) < 4.78 is 14.1. The van der Waals surface area contributed by atoms with Crippen LogP contribution >= 0.6 is 0 Å². The first-order valence-electron chi connectivity index (χ1n) is 10.3. The molecule has 3 rings (SSSR count). The lowest BCUT2D eigenvalue weighted by molar-refractivity contribution is -0.118. The molecular formula is C24H28FN3O2. The van der Waals surface area contributed by atoms with Gasteiger partial charge in [-0.2, -0.15) is 0 Å². The molecule has 0 radical (unpaired) electrons. The van der Waals surface area contributed by atoms with Crippen molar-refractivity contribution >= 4 is 29.3 Å². The summed E-state index contributed by atoms with van der Waals surface area (Å²) in [6.07, 6.45) is 6.41. The summed E-state index contributed by atoms with van der Waals surface area (Å²) >= 11 is 0. The predicted octanol–water partition coefficient (Wildman–Crippen LogP) is 4.60. The first-order valence-corrected chi connectivity index (χ1v) is 10.3. The van der Waals surface area contributed by atoms with Crippen molar-refractivity contribution in [2.24, 2.45) is 0 Å². The van der Waals surface area contributed by atoms with Crippen LogP contribution < -0.4 is 10.6 Å². The topological polar surface area (TPSA) is 61.4 Å². The predicted molar refractivity (Wildman–Crippen MR) is 119 cm³/mol. The third-order valence-corrected chi connectivity index (χ3v) is 5.26. The molecule has 2 amide bonds. The third kappa shape index (κ3) is 6.26. The fourth-order valence-corrected chi connectivity index (χ4v) is 3.60. The molecule has 1 fully saturated rings. The Morgan fingerprint density at radius 2 is 2.00 bits per heavy atom. The third-order valence-electron chi connectivity index (χ3n) is 5.26. The molecule has 1 heterocycles. The highest BCUT2D eigenvalue weighted by atomic mass is 19.1. The van der Waals surface area contributed by atoms with Gasteiger partial charge in [0.15, 0.2) is 0 Å². The van der Waals surface area contributed by atoms with Gasteiger partial charge in [-0.1, -0.05) is 36.2 Å². The van der Waals surface area contributed by atoms with Crippen LogP contribution in [0.3, 0.4) is 0 Å². The van der Waals surface area contributed by atoms with Crippen molar-refractivity contribution in [2.45, 2.75) is 39.2 Å². The minimum absolute atomic E-state index is 0.0260. The molecule has 0 unspecified atom stereocenters. The highest BCUT2D eigenvalue weighted by Crippen LogP contribution is 2.21. The molecule has 0 spiro atoms. The Hall–Kier alpha value is -2.99. The van der Waals surface area contributed by atoms with Crippen LogP contribution in [0.15, 0.2) is 48.5 Å². The molecule has 1 atom stereocenters. The molecule has 1 aliphatic heterocycles. The molecule has 0 bridgehead atoms. The molecule has 0 saturated carbocycles. The number of likely N-dealkylation sites (tertiary alicyclic amines) is 1. The molecule has 30 heavy (non-hydrogen) atoms. The van der Waals surface area contributed by atoms with Gasteiger partial charge in [0.2, 0.25) is 11.8 Å². The average molecular weight is 410 g/mol. The summed E-state index contributed by atoms with van der Waals surface area (Å²) in [4.78, 5) is 26.7. The minimum atomic E-state index is -0.560. The van der Waals surface area contributed by atoms with Gasteiger partial charge in [0.05, 0.1) is 12.2 Å². The number of aryl methyl sites for hydroxylation is 1. The van der Waals surface area contributed by atoms with Gasteiger partial charge in [-0.05, 0) is 63.1 Å². The number of hydrogen-bond donors (Lipinski definition) is 2. The highest BCUT2D eigenvalue weighted by molar-refractivity contribution is 6.02. The Morgan fingerprint density at radius 1 is 1.17 bits per heavy atom. The lowest BCUT2D eigenvalue weighted by Gasteiger charge is -2.32. The van der Waals surface area contributed by atoms with Crippen LogP contribution in [0, 0.1) is 12.7 Å². The molecule has 1 saturated heterocycles. The Balaban J connectivity index is 1.60. The zero-order valence-corrected chi connectivity index (χ0v) is 17.5. The van der Waals surface area contributed by atoms with Crippen molar-refractivity contribution in [3.8, 4) is 0 Å². The first kappa shape index (κ1) is 21.7. The number of rotatable bonds is 6. The van der Waals surface area contributed by atoms with E-state index >= 15 is 0 Å². The number of anilines is 2. The summed E-state index contributed by atoms with van der Waals surface area (Å²) in [6, 6.07) is 12.3. The Bertz CT molecular complexity index is 942. The van der Waals surface area contributed by atoms with Crippen molar-refractivity contribution in [2.75, 3.05) is 23.7 Å². The monoisotopic (exact) mass is 409 g/mol. The van der Waals surface area contributed by atoms with Gasteiger partial charge in [0.25, 0.3) is 0 Å². The second kappa shape index (κ2) is 10.2. The first-order chi connectivity index (χ1) is 14.4. The Labute approximate surface area is 177 Å². The number of halogens is 1. The van der Waals surface area contributed by atoms with E-state index in [1.54, 1.807) is 6.08 Å². The zero-order chi connectivity index (χ0) is 21.5. The fourth-order valence-electron chi connectivity index (χ4n) is 3.60. The summed E-state index contributed by atoms with van der Waals surface area (Å²) in [5.41, 5.74) is 2.45. The van der Waals surface area contributed by atoms with Gasteiger partial charge >= 0.3 is 0 Å². The van der Waals surface area contributed by atoms with Gasteiger partial charge in [-0.15, -0.1) is 0 Å². The molecule has 0 aliphatic carbocycles. The Morgan fingerprint density at radius 3 is 2.77 bits per heavy atom. The highest BCUT2D eigenvalue weighted by Gasteiger charge is 2.20. The molecule has 158 valence electrons. The molecule has 6 heteroatoms. The standard InChI is InChI=1S/C24H28FN3O2/c1-17-6-5-8-19(14-17)9-12-23(29)27-22-15-20(10-11-21(22)25)26-24(30)16-28-13-4-3-7-18(28)2/h5-6,8-12,14-15,18H,3-4,7,13,16H2,1-2H3,(H,26,30)(H,27,29)/b12-9+/t18-/m0/s1. The van der Waals surface area contributed by atoms with E-state index in [9.17, 15) is 14.0 Å². The number of benzene rings is 2. The average Bonchev–Trinajstić information content (AvgIpc) is 2.71. The van der Waals surface area contributed by atoms with E-state index in [4.69, 9.17) is 0 Å². The van der Waals surface area contributed by atoms with Crippen LogP contribution in [0.2, 0.25) is 0 Å². The summed E-state index contributed by atoms with van der Waals surface area (Å²) in [5, 5.41) is 5.33. The van der Waals surface area contributed by atoms with Crippen LogP contribution in [-0.4, -0.2) is 35.8 Å². The van der Waals surface area contributed by atoms with E-state index in [0.29, 0.717) is 18.3 Å². The van der Waals surface area contributed by atoms with Gasteiger partial charge in [-0.3, -0.25) is 14.5 Å². The molecule has 2 aromatic rings. The summed E-state index contributed by atoms with van der Waals surface area (Å²) in [5.74, 6) is -1.15. The normalized spacial score (nSPS) is 17.1. The molecule has 5 nitrogen and oxygen atoms in total. The number of nitrogens with one attached hydrogen (secondary N) is 2. The van der Waals surface area contributed by atoms with Crippen molar-refractivity contribution in [3.63, 3.8) is 0 Å². The van der Waals surface area contributed by atoms with Gasteiger partial charge in [0.1, 0.15) is 5.82 Å². The van der Waals surface area contributed by atoms with Crippen molar-refractivity contribution in [1.29, 1.82) is 0 Å². The van der Waals surface area contributed by atoms with Gasteiger partial charge in [-0.25, -0.2) is 4.39 Å². The molecule has 1 aliphatic rings. The van der Waals surface area contributed by atoms with Gasteiger partial charge < -0.3 is 10.6 Å². The summed E-state index contributed by atoms with van der Waals surface area (Å²) in [7, 11) is 0. The number of nitrogens with zero attached hydrogens (tertiary/aromatic N) is 1. The molecule has 2 N–H and O–H groups in total. The molecular weight excluding hydrogens is 381 g/mol. The van der Waals surface area contributed by atoms with Crippen molar-refractivity contribution < 1.29 is 14.0 Å². The molecule has 2 aromatic carbocycles. The van der Waals surface area contributed by atoms with Crippen molar-refractivity contribution in [1.82, 2.24) is 4.90 Å². The van der Waals surface area contributed by atoms with Crippen molar-refractivity contribution in [3.05, 3.63) is 65.5 Å². The van der Waals surface area contributed by atoms with Crippen LogP contribution in [0.5, 0.6) is 0 Å². The fraction of sp³-hybridized carbons (Fsp3) is 0.333. The van der Waals surface area contributed by atoms with Gasteiger partial charge in [0, 0.05) is 17.8 Å². The summed E-state index contributed by atoms with van der Waals surface area (Å²) in [6.45, 7) is 5.31. The van der Waals surface area contributed by atoms with Crippen LogP contribution in [0.25, 0.3) is 6.08 Å². The van der Waals surface area contributed by atoms with E-state index < -0.39 is 11.7 Å². The number of piperidine rings is 1. The Kier molecular flexibility index (Phi) is 7.36. The zero-order valence-electron chi connectivity index (χ0n) is 17.5. The van der Waals surface area contributed by atoms with E-state index in [0.717, 1.165) is 30.5 Å². The number of amides is 2. The number of hydrogen-bond acceptors (Lipinski definition) is 3. The lowest BCUT2D eigenvalue weighted by atomic mass is 10.0. The second-order valence-electron chi connectivity index (χ2n) is 7.79. The van der Waals surface area contributed by atoms with E-state index in [2.05, 4.69) is 22.5 Å². The quantitative estimate of drug-likeness (QED) is 0.686. The number of carbonyl (C=O) groups is 2. The maximum atomic E-state index is 14.1. The van der Waals surface area contributed by atoms with Crippen LogP contribution in [-0.2, 0) is 9.59 Å². The van der Waals surface area contributed by atoms with Crippen LogP contribution in [0.4, 0.5) is 15.8 Å². The maximum Gasteiger partial charge on any atom is 0.248 e. The maximum absolute atomic E-state index is 14.1. The smallest absolute Gasteiger partial charge is 0.248 e. The second-order valence-corrected chi connectivity index (χ2v) is 7.79. The molecule has 0 aromatic heterocycles.